The summed E-state index contributed by atoms with van der Waals surface area (Å²) in [6, 6.07) is 2.15. The predicted octanol–water partition coefficient (Wildman–Crippen LogP) is 3.38. The molecule has 0 spiro atoms. The van der Waals surface area contributed by atoms with Crippen LogP contribution in [-0.2, 0) is 4.79 Å². The van der Waals surface area contributed by atoms with Gasteiger partial charge in [0.25, 0.3) is 5.91 Å². The van der Waals surface area contributed by atoms with E-state index in [9.17, 15) is 4.79 Å². The summed E-state index contributed by atoms with van der Waals surface area (Å²) in [4.78, 5) is 17.9. The highest BCUT2D eigenvalue weighted by molar-refractivity contribution is 6.33. The van der Waals surface area contributed by atoms with Gasteiger partial charge in [0.15, 0.2) is 0 Å². The van der Waals surface area contributed by atoms with E-state index in [1.165, 1.54) is 30.9 Å². The number of rotatable bonds is 6. The van der Waals surface area contributed by atoms with Crippen LogP contribution < -0.4 is 10.8 Å². The van der Waals surface area contributed by atoms with Crippen LogP contribution in [0, 0.1) is 5.92 Å². The summed E-state index contributed by atoms with van der Waals surface area (Å²) in [5, 5.41) is 12.4. The Morgan fingerprint density at radius 3 is 2.58 bits per heavy atom. The first-order valence-electron chi connectivity index (χ1n) is 8.40. The molecule has 2 heterocycles. The third-order valence-electron chi connectivity index (χ3n) is 4.54. The Morgan fingerprint density at radius 2 is 2.00 bits per heavy atom. The van der Waals surface area contributed by atoms with Crippen molar-refractivity contribution in [3.63, 3.8) is 0 Å². The van der Waals surface area contributed by atoms with Crippen LogP contribution in [0.15, 0.2) is 18.3 Å². The fourth-order valence-electron chi connectivity index (χ4n) is 2.98. The van der Waals surface area contributed by atoms with E-state index in [1.807, 2.05) is 0 Å². The van der Waals surface area contributed by atoms with E-state index in [1.54, 1.807) is 18.3 Å². The first-order chi connectivity index (χ1) is 11.6. The van der Waals surface area contributed by atoms with Crippen LogP contribution in [0.3, 0.4) is 0 Å². The van der Waals surface area contributed by atoms with Gasteiger partial charge in [-0.1, -0.05) is 11.6 Å². The van der Waals surface area contributed by atoms with Crippen LogP contribution >= 0.6 is 36.4 Å². The number of nitrogens with zero attached hydrogens (tertiary/aromatic N) is 2. The molecule has 1 aliphatic carbocycles. The number of piperidine rings is 1. The van der Waals surface area contributed by atoms with E-state index in [0.717, 1.165) is 31.8 Å². The summed E-state index contributed by atoms with van der Waals surface area (Å²) >= 11 is 6.28. The highest BCUT2D eigenvalue weighted by Gasteiger charge is 2.27. The molecule has 0 unspecified atom stereocenters. The summed E-state index contributed by atoms with van der Waals surface area (Å²) in [5.41, 5.74) is 2.24. The van der Waals surface area contributed by atoms with Crippen molar-refractivity contribution < 1.29 is 10.0 Å². The highest BCUT2D eigenvalue weighted by atomic mass is 35.5. The number of hydroxylamine groups is 1. The average molecular weight is 424 g/mol. The van der Waals surface area contributed by atoms with Crippen molar-refractivity contribution in [3.8, 4) is 0 Å². The van der Waals surface area contributed by atoms with Crippen molar-refractivity contribution in [2.24, 2.45) is 5.92 Å². The molecule has 26 heavy (non-hydrogen) atoms. The molecule has 1 saturated heterocycles. The molecular weight excluding hydrogens is 399 g/mol. The number of carbonyl (C=O) groups is 1. The van der Waals surface area contributed by atoms with Crippen molar-refractivity contribution in [1.82, 2.24) is 15.4 Å². The van der Waals surface area contributed by atoms with Crippen molar-refractivity contribution in [3.05, 3.63) is 28.9 Å². The number of aromatic nitrogens is 1. The van der Waals surface area contributed by atoms with Crippen LogP contribution in [0.5, 0.6) is 0 Å². The average Bonchev–Trinajstić information content (AvgIpc) is 3.40. The SMILES string of the molecule is Cl.Cl.O=C(C=Cc1cnc(NC2CCN(CC3CC3)CC2)c(Cl)c1)NO. The van der Waals surface area contributed by atoms with Crippen LogP contribution in [0.25, 0.3) is 6.08 Å². The topological polar surface area (TPSA) is 77.5 Å². The number of hydrogen-bond acceptors (Lipinski definition) is 5. The molecule has 2 fully saturated rings. The molecule has 146 valence electrons. The maximum absolute atomic E-state index is 11.0. The Hall–Kier alpha value is -1.05. The molecule has 3 N–H and O–H groups in total. The molecule has 1 aromatic rings. The first kappa shape index (κ1) is 23.0. The molecule has 1 aliphatic heterocycles. The molecule has 2 aliphatic rings. The number of halogens is 3. The zero-order valence-corrected chi connectivity index (χ0v) is 16.7. The third-order valence-corrected chi connectivity index (χ3v) is 4.83. The van der Waals surface area contributed by atoms with Crippen LogP contribution in [0.2, 0.25) is 5.02 Å². The number of carbonyl (C=O) groups excluding carboxylic acids is 1. The lowest BCUT2D eigenvalue weighted by molar-refractivity contribution is -0.124. The summed E-state index contributed by atoms with van der Waals surface area (Å²) in [6.45, 7) is 3.51. The normalized spacial score (nSPS) is 18.1. The van der Waals surface area contributed by atoms with Crippen molar-refractivity contribution in [2.45, 2.75) is 31.7 Å². The van der Waals surface area contributed by atoms with E-state index in [-0.39, 0.29) is 24.8 Å². The lowest BCUT2D eigenvalue weighted by Crippen LogP contribution is -2.40. The fourth-order valence-corrected chi connectivity index (χ4v) is 3.21. The van der Waals surface area contributed by atoms with Gasteiger partial charge in [0.05, 0.1) is 5.02 Å². The second-order valence-corrected chi connectivity index (χ2v) is 6.98. The molecule has 3 rings (SSSR count). The quantitative estimate of drug-likeness (QED) is 0.371. The molecule has 1 saturated carbocycles. The number of nitrogens with one attached hydrogen (secondary N) is 2. The summed E-state index contributed by atoms with van der Waals surface area (Å²) in [5.74, 6) is 1.03. The van der Waals surface area contributed by atoms with Crippen LogP contribution in [-0.4, -0.2) is 46.7 Å². The maximum Gasteiger partial charge on any atom is 0.267 e. The van der Waals surface area contributed by atoms with Gasteiger partial charge in [0, 0.05) is 37.9 Å². The molecular formula is C17H25Cl3N4O2. The van der Waals surface area contributed by atoms with E-state index < -0.39 is 5.91 Å². The van der Waals surface area contributed by atoms with E-state index in [4.69, 9.17) is 16.8 Å². The summed E-state index contributed by atoms with van der Waals surface area (Å²) in [7, 11) is 0. The molecule has 0 aromatic carbocycles. The molecule has 0 atom stereocenters. The predicted molar refractivity (Wildman–Crippen MR) is 109 cm³/mol. The molecule has 0 bridgehead atoms. The van der Waals surface area contributed by atoms with Crippen molar-refractivity contribution in [2.75, 3.05) is 25.0 Å². The number of amides is 1. The molecule has 1 amide bonds. The minimum atomic E-state index is -0.591. The monoisotopic (exact) mass is 422 g/mol. The van der Waals surface area contributed by atoms with Gasteiger partial charge in [-0.3, -0.25) is 10.0 Å². The maximum atomic E-state index is 11.0. The molecule has 0 radical (unpaired) electrons. The minimum absolute atomic E-state index is 0. The Bertz CT molecular complexity index is 618. The van der Waals surface area contributed by atoms with Crippen LogP contribution in [0.4, 0.5) is 5.82 Å². The highest BCUT2D eigenvalue weighted by Crippen LogP contribution is 2.31. The zero-order valence-electron chi connectivity index (χ0n) is 14.4. The number of pyridine rings is 1. The zero-order chi connectivity index (χ0) is 16.9. The summed E-state index contributed by atoms with van der Waals surface area (Å²) in [6.07, 6.45) is 9.42. The van der Waals surface area contributed by atoms with Gasteiger partial charge in [-0.25, -0.2) is 10.5 Å². The Labute approximate surface area is 171 Å². The lowest BCUT2D eigenvalue weighted by Gasteiger charge is -2.32. The van der Waals surface area contributed by atoms with Gasteiger partial charge >= 0.3 is 0 Å². The Kier molecular flexibility index (Phi) is 9.68. The van der Waals surface area contributed by atoms with Gasteiger partial charge in [-0.15, -0.1) is 24.8 Å². The number of likely N-dealkylation sites (tertiary alicyclic amines) is 1. The van der Waals surface area contributed by atoms with E-state index >= 15 is 0 Å². The molecule has 9 heteroatoms. The fraction of sp³-hybridized carbons (Fsp3) is 0.529. The Morgan fingerprint density at radius 1 is 1.31 bits per heavy atom. The second kappa shape index (κ2) is 10.9. The summed E-state index contributed by atoms with van der Waals surface area (Å²) < 4.78 is 0. The van der Waals surface area contributed by atoms with E-state index in [2.05, 4.69) is 15.2 Å². The third kappa shape index (κ3) is 6.93. The van der Waals surface area contributed by atoms with Crippen molar-refractivity contribution >= 4 is 54.2 Å². The van der Waals surface area contributed by atoms with Gasteiger partial charge in [-0.05, 0) is 49.3 Å². The number of anilines is 1. The van der Waals surface area contributed by atoms with Gasteiger partial charge in [0.1, 0.15) is 5.82 Å². The van der Waals surface area contributed by atoms with Crippen LogP contribution in [0.1, 0.15) is 31.2 Å². The Balaban J connectivity index is 0.00000169. The van der Waals surface area contributed by atoms with Gasteiger partial charge in [0.2, 0.25) is 0 Å². The smallest absolute Gasteiger partial charge is 0.267 e. The lowest BCUT2D eigenvalue weighted by atomic mass is 10.0. The first-order valence-corrected chi connectivity index (χ1v) is 8.78. The van der Waals surface area contributed by atoms with Gasteiger partial charge < -0.3 is 10.2 Å². The standard InChI is InChI=1S/C17H23ClN4O2.2ClH/c18-15-9-13(3-4-16(23)21-24)10-19-17(15)20-14-5-7-22(8-6-14)11-12-1-2-12;;/h3-4,9-10,12,14,24H,1-2,5-8,11H2,(H,19,20)(H,21,23);2*1H. The minimum Gasteiger partial charge on any atom is -0.366 e. The van der Waals surface area contributed by atoms with Gasteiger partial charge in [-0.2, -0.15) is 0 Å². The largest absolute Gasteiger partial charge is 0.366 e. The number of hydrogen-bond donors (Lipinski definition) is 3. The van der Waals surface area contributed by atoms with E-state index in [0.29, 0.717) is 22.4 Å². The second-order valence-electron chi connectivity index (χ2n) is 6.57. The molecule has 1 aromatic heterocycles. The molecule has 6 nitrogen and oxygen atoms in total. The van der Waals surface area contributed by atoms with Crippen molar-refractivity contribution in [1.29, 1.82) is 0 Å².